The van der Waals surface area contributed by atoms with Crippen LogP contribution in [0.15, 0.2) is 211 Å². The molecule has 0 heterocycles. The van der Waals surface area contributed by atoms with Gasteiger partial charge in [0.25, 0.3) is 0 Å². The van der Waals surface area contributed by atoms with Crippen LogP contribution in [0, 0.1) is 27.7 Å². The van der Waals surface area contributed by atoms with Gasteiger partial charge in [0, 0.05) is 64.1 Å². The molecule has 0 aliphatic heterocycles. The summed E-state index contributed by atoms with van der Waals surface area (Å²) < 4.78 is 2.22. The molecule has 9 rings (SSSR count). The Bertz CT molecular complexity index is 2910. The van der Waals surface area contributed by atoms with E-state index in [9.17, 15) is 9.90 Å². The maximum Gasteiger partial charge on any atom is 0.214 e. The summed E-state index contributed by atoms with van der Waals surface area (Å²) in [6.07, 6.45) is 7.77. The number of benzene rings is 7. The van der Waals surface area contributed by atoms with Crippen LogP contribution < -0.4 is 14.6 Å². The van der Waals surface area contributed by atoms with Crippen LogP contribution in [-0.2, 0) is 4.79 Å². The highest BCUT2D eigenvalue weighted by Crippen LogP contribution is 2.41. The first-order valence-electron chi connectivity index (χ1n) is 20.3. The molecule has 7 aromatic rings. The Hall–Kier alpha value is -7.56. The fourth-order valence-electron chi connectivity index (χ4n) is 8.31. The molecule has 0 atom stereocenters. The predicted octanol–water partition coefficient (Wildman–Crippen LogP) is 12.8. The molecule has 60 heavy (non-hydrogen) atoms. The summed E-state index contributed by atoms with van der Waals surface area (Å²) in [5.41, 5.74) is 17.0. The Morgan fingerprint density at radius 2 is 0.950 bits per heavy atom. The number of ketones is 1. The Kier molecular flexibility index (Phi) is 10.1. The lowest BCUT2D eigenvalue weighted by Gasteiger charge is -2.33. The van der Waals surface area contributed by atoms with Crippen LogP contribution in [0.2, 0.25) is 0 Å². The van der Waals surface area contributed by atoms with Crippen molar-refractivity contribution in [3.8, 4) is 22.3 Å². The molecule has 4 heteroatoms. The number of hydrogen-bond acceptors (Lipinski definition) is 3. The summed E-state index contributed by atoms with van der Waals surface area (Å²) in [5.74, 6) is -0.461. The summed E-state index contributed by atoms with van der Waals surface area (Å²) in [6.45, 7) is 8.44. The van der Waals surface area contributed by atoms with Crippen molar-refractivity contribution in [2.45, 2.75) is 27.7 Å². The quantitative estimate of drug-likeness (QED) is 0.114. The Morgan fingerprint density at radius 3 is 1.47 bits per heavy atom. The van der Waals surface area contributed by atoms with Gasteiger partial charge in [0.05, 0.1) is 0 Å². The van der Waals surface area contributed by atoms with Gasteiger partial charge in [-0.3, -0.25) is 4.79 Å². The third-order valence-electron chi connectivity index (χ3n) is 11.4. The molecule has 2 aliphatic carbocycles. The van der Waals surface area contributed by atoms with E-state index in [4.69, 9.17) is 0 Å². The van der Waals surface area contributed by atoms with E-state index in [2.05, 4.69) is 146 Å². The first kappa shape index (κ1) is 38.0. The second kappa shape index (κ2) is 16.0. The second-order valence-corrected chi connectivity index (χ2v) is 15.6. The topological polar surface area (TPSA) is 46.4 Å². The summed E-state index contributed by atoms with van der Waals surface area (Å²) >= 11 is 0. The van der Waals surface area contributed by atoms with Gasteiger partial charge in [-0.15, -0.1) is 0 Å². The summed E-state index contributed by atoms with van der Waals surface area (Å²) in [6, 6.07) is 58.5. The molecule has 290 valence electrons. The van der Waals surface area contributed by atoms with Crippen LogP contribution >= 0.6 is 0 Å². The van der Waals surface area contributed by atoms with Crippen LogP contribution in [0.3, 0.4) is 0 Å². The van der Waals surface area contributed by atoms with Gasteiger partial charge in [-0.1, -0.05) is 120 Å². The Balaban J connectivity index is 1.03. The maximum atomic E-state index is 13.8. The number of Topliss-reactive ketones (excluding diaryl/α,β-unsaturated/α-hetero) is 1. The Morgan fingerprint density at radius 1 is 0.467 bits per heavy atom. The van der Waals surface area contributed by atoms with Gasteiger partial charge in [-0.2, -0.15) is 4.58 Å². The van der Waals surface area contributed by atoms with Crippen LogP contribution in [0.4, 0.5) is 28.4 Å². The molecule has 0 saturated heterocycles. The van der Waals surface area contributed by atoms with Crippen molar-refractivity contribution in [2.24, 2.45) is 0 Å². The lowest BCUT2D eigenvalue weighted by molar-refractivity contribution is -0.297. The smallest absolute Gasteiger partial charge is 0.214 e. The van der Waals surface area contributed by atoms with Gasteiger partial charge in [0.1, 0.15) is 0 Å². The summed E-state index contributed by atoms with van der Waals surface area (Å²) in [7, 11) is 0. The van der Waals surface area contributed by atoms with E-state index in [1.165, 1.54) is 11.1 Å². The number of carbonyl (C=O) groups is 1. The summed E-state index contributed by atoms with van der Waals surface area (Å²) in [4.78, 5) is 16.1. The number of hydrogen-bond donors (Lipinski definition) is 0. The van der Waals surface area contributed by atoms with Crippen molar-refractivity contribution in [2.75, 3.05) is 4.90 Å². The number of rotatable bonds is 8. The number of allylic oxidation sites excluding steroid dienone is 7. The van der Waals surface area contributed by atoms with Crippen LogP contribution in [-0.4, -0.2) is 11.5 Å². The molecule has 7 aromatic carbocycles. The molecular weight excluding hydrogens is 733 g/mol. The highest BCUT2D eigenvalue weighted by Gasteiger charge is 2.31. The minimum atomic E-state index is -0.231. The van der Waals surface area contributed by atoms with Crippen molar-refractivity contribution in [3.05, 3.63) is 239 Å². The molecule has 2 aliphatic rings. The lowest BCUT2D eigenvalue weighted by Crippen LogP contribution is -2.30. The first-order valence-corrected chi connectivity index (χ1v) is 20.3. The zero-order valence-corrected chi connectivity index (χ0v) is 34.2. The molecular formula is C56H44N2O2. The average molecular weight is 777 g/mol. The van der Waals surface area contributed by atoms with Gasteiger partial charge < -0.3 is 10.0 Å². The third kappa shape index (κ3) is 7.25. The van der Waals surface area contributed by atoms with Crippen molar-refractivity contribution < 1.29 is 9.90 Å². The minimum absolute atomic E-state index is 0.223. The highest BCUT2D eigenvalue weighted by molar-refractivity contribution is 6.39. The van der Waals surface area contributed by atoms with Crippen LogP contribution in [0.25, 0.3) is 27.8 Å². The number of aryl methyl sites for hydroxylation is 4. The zero-order chi connectivity index (χ0) is 41.3. The molecule has 0 amide bonds. The molecule has 0 fully saturated rings. The standard InChI is InChI=1S/C56H44N2O2/c1-37-15-33-51(39(3)35-37)57(47-25-17-43(18-26-47)41-11-7-5-8-12-41)49-29-21-45(22-30-49)53-55(59)54(56(53)60)46-23-31-50(32-24-46)58(52-34-16-38(2)36-40(52)4)48-27-19-44(20-28-48)42-13-9-6-10-14-42/h5-36H,1-4H3. The van der Waals surface area contributed by atoms with Crippen molar-refractivity contribution >= 4 is 45.5 Å². The predicted molar refractivity (Wildman–Crippen MR) is 248 cm³/mol. The molecule has 0 radical (unpaired) electrons. The normalized spacial score (nSPS) is 13.5. The first-order chi connectivity index (χ1) is 29.2. The fourth-order valence-corrected chi connectivity index (χ4v) is 8.31. The number of carbonyl (C=O) groups excluding carboxylic acids is 1. The van der Waals surface area contributed by atoms with Gasteiger partial charge >= 0.3 is 0 Å². The molecule has 0 spiro atoms. The number of nitrogens with zero attached hydrogens (tertiary/aromatic N) is 2. The summed E-state index contributed by atoms with van der Waals surface area (Å²) in [5, 5.41) is 13.8. The Labute approximate surface area is 352 Å². The van der Waals surface area contributed by atoms with Crippen molar-refractivity contribution in [3.63, 3.8) is 0 Å². The van der Waals surface area contributed by atoms with Crippen LogP contribution in [0.5, 0.6) is 0 Å². The van der Waals surface area contributed by atoms with E-state index in [1.54, 1.807) is 0 Å². The largest absolute Gasteiger partial charge is 0.871 e. The zero-order valence-electron chi connectivity index (χ0n) is 34.2. The monoisotopic (exact) mass is 776 g/mol. The van der Waals surface area contributed by atoms with E-state index >= 15 is 0 Å². The second-order valence-electron chi connectivity index (χ2n) is 15.6. The van der Waals surface area contributed by atoms with Crippen molar-refractivity contribution in [1.82, 2.24) is 4.58 Å². The molecule has 4 nitrogen and oxygen atoms in total. The average Bonchev–Trinajstić information content (AvgIpc) is 3.27. The van der Waals surface area contributed by atoms with E-state index < -0.39 is 0 Å². The van der Waals surface area contributed by atoms with Crippen LogP contribution in [0.1, 0.15) is 27.8 Å². The van der Waals surface area contributed by atoms with Gasteiger partial charge in [-0.25, -0.2) is 0 Å². The van der Waals surface area contributed by atoms with E-state index in [0.29, 0.717) is 11.1 Å². The van der Waals surface area contributed by atoms with E-state index in [-0.39, 0.29) is 22.7 Å². The van der Waals surface area contributed by atoms with Gasteiger partial charge in [0.15, 0.2) is 5.78 Å². The number of anilines is 3. The molecule has 0 N–H and O–H groups in total. The lowest BCUT2D eigenvalue weighted by atomic mass is 9.80. The molecule has 0 aromatic heterocycles. The molecule has 0 unspecified atom stereocenters. The molecule has 0 saturated carbocycles. The van der Waals surface area contributed by atoms with Gasteiger partial charge in [0.2, 0.25) is 17.1 Å². The third-order valence-corrected chi connectivity index (χ3v) is 11.4. The van der Waals surface area contributed by atoms with Crippen molar-refractivity contribution in [1.29, 1.82) is 0 Å². The van der Waals surface area contributed by atoms with Gasteiger partial charge in [-0.05, 0) is 127 Å². The highest BCUT2D eigenvalue weighted by atomic mass is 16.3. The fraction of sp³-hybridized carbons (Fsp3) is 0.0714. The molecule has 0 bridgehead atoms. The van der Waals surface area contributed by atoms with E-state index in [0.717, 1.165) is 67.5 Å². The minimum Gasteiger partial charge on any atom is -0.871 e. The SMILES string of the molecule is Cc1ccc(N(c2ccc(C3=C([O-])C(=C4C=CC(=[N+](c5ccc(-c6ccccc6)cc5)c5ccc(C)cc5C)C=C4)C3=O)cc2)c2ccc(-c3ccccc3)cc2)c(C)c1. The van der Waals surface area contributed by atoms with E-state index in [1.807, 2.05) is 85.0 Å². The maximum absolute atomic E-state index is 13.8.